The van der Waals surface area contributed by atoms with Gasteiger partial charge in [0.1, 0.15) is 10.0 Å². The molecule has 0 spiro atoms. The lowest BCUT2D eigenvalue weighted by Crippen LogP contribution is -2.19. The highest BCUT2D eigenvalue weighted by Crippen LogP contribution is 2.27. The maximum absolute atomic E-state index is 13.0. The average molecular weight is 478 g/mol. The molecule has 4 nitrogen and oxygen atoms in total. The molecule has 0 saturated heterocycles. The Bertz CT molecular complexity index is 1480. The van der Waals surface area contributed by atoms with Crippen LogP contribution in [-0.4, -0.2) is 24.3 Å². The lowest BCUT2D eigenvalue weighted by atomic mass is 10.00. The van der Waals surface area contributed by atoms with Crippen molar-refractivity contribution < 1.29 is 17.9 Å². The number of aromatic nitrogens is 1. The average Bonchev–Trinajstić information content (AvgIpc) is 3.28. The number of fused-ring (bicyclic) bond motifs is 1. The number of thiophene rings is 1. The molecule has 0 fully saturated rings. The molecule has 0 bridgehead atoms. The molecule has 2 aromatic heterocycles. The molecule has 0 aliphatic heterocycles. The molecule has 0 unspecified atom stereocenters. The number of aliphatic hydroxyl groups is 1. The first-order chi connectivity index (χ1) is 15.8. The second-order valence-corrected chi connectivity index (χ2v) is 10.9. The molecule has 2 heterocycles. The summed E-state index contributed by atoms with van der Waals surface area (Å²) in [4.78, 5) is 4.99. The first-order valence-electron chi connectivity index (χ1n) is 10.1. The summed E-state index contributed by atoms with van der Waals surface area (Å²) in [6.45, 7) is 3.59. The minimum absolute atomic E-state index is 0.175. The Morgan fingerprint density at radius 3 is 2.61 bits per heavy atom. The van der Waals surface area contributed by atoms with Gasteiger partial charge in [0.15, 0.2) is 9.84 Å². The van der Waals surface area contributed by atoms with Gasteiger partial charge in [-0.2, -0.15) is 0 Å². The number of nitrogens with zero attached hydrogens (tertiary/aromatic N) is 1. The van der Waals surface area contributed by atoms with Crippen LogP contribution in [0.5, 0.6) is 0 Å². The van der Waals surface area contributed by atoms with Gasteiger partial charge in [-0.05, 0) is 60.5 Å². The largest absolute Gasteiger partial charge is 0.513 e. The second-order valence-electron chi connectivity index (χ2n) is 7.59. The predicted molar refractivity (Wildman–Crippen MR) is 129 cm³/mol. The van der Waals surface area contributed by atoms with E-state index in [4.69, 9.17) is 0 Å². The number of halogens is 1. The van der Waals surface area contributed by atoms with Crippen molar-refractivity contribution in [1.29, 1.82) is 0 Å². The van der Waals surface area contributed by atoms with Crippen molar-refractivity contribution in [2.75, 3.05) is 5.75 Å². The molecule has 0 aliphatic rings. The van der Waals surface area contributed by atoms with Gasteiger partial charge in [0.25, 0.3) is 0 Å². The lowest BCUT2D eigenvalue weighted by Gasteiger charge is -2.15. The van der Waals surface area contributed by atoms with E-state index in [0.717, 1.165) is 27.8 Å². The minimum Gasteiger partial charge on any atom is -0.513 e. The van der Waals surface area contributed by atoms with Crippen molar-refractivity contribution in [3.63, 3.8) is 0 Å². The quantitative estimate of drug-likeness (QED) is 0.293. The van der Waals surface area contributed by atoms with Gasteiger partial charge in [-0.25, -0.2) is 12.8 Å². The molecule has 1 N–H and O–H groups in total. The Kier molecular flexibility index (Phi) is 6.59. The number of benzene rings is 2. The third-order valence-electron chi connectivity index (χ3n) is 5.08. The van der Waals surface area contributed by atoms with Gasteiger partial charge in [0.05, 0.1) is 21.9 Å². The van der Waals surface area contributed by atoms with E-state index in [2.05, 4.69) is 23.4 Å². The lowest BCUT2D eigenvalue weighted by molar-refractivity contribution is 0.342. The zero-order valence-electron chi connectivity index (χ0n) is 17.5. The van der Waals surface area contributed by atoms with E-state index < -0.39 is 15.8 Å². The molecule has 7 heteroatoms. The molecule has 33 heavy (non-hydrogen) atoms. The molecule has 2 aromatic carbocycles. The molecule has 0 saturated carbocycles. The van der Waals surface area contributed by atoms with Crippen LogP contribution < -0.4 is 0 Å². The summed E-state index contributed by atoms with van der Waals surface area (Å²) in [5.74, 6) is 4.34. The normalized spacial score (nSPS) is 12.2. The highest BCUT2D eigenvalue weighted by molar-refractivity contribution is 7.93. The number of pyridine rings is 1. The van der Waals surface area contributed by atoms with Crippen molar-refractivity contribution in [2.24, 2.45) is 5.92 Å². The fraction of sp³-hybridized carbons (Fsp3) is 0.115. The summed E-state index contributed by atoms with van der Waals surface area (Å²) in [5, 5.41) is 11.1. The predicted octanol–water partition coefficient (Wildman–Crippen LogP) is 5.54. The highest BCUT2D eigenvalue weighted by atomic mass is 32.2. The highest BCUT2D eigenvalue weighted by Gasteiger charge is 2.25. The Hall–Kier alpha value is -3.47. The minimum atomic E-state index is -3.67. The maximum atomic E-state index is 13.0. The first-order valence-corrected chi connectivity index (χ1v) is 12.6. The maximum Gasteiger partial charge on any atom is 0.188 e. The standard InChI is InChI=1S/C26H20FNO3S2/c1-18(29)22(15-20-14-21-4-2-3-5-25(21)28-16-20)17-33(30,31)26-13-12-24(32-26)11-8-19-6-9-23(27)10-7-19/h2-7,9-10,12-14,16,22,29H,1,15,17H2/t22-/m1/s1. The van der Waals surface area contributed by atoms with Crippen LogP contribution in [0.2, 0.25) is 0 Å². The van der Waals surface area contributed by atoms with Gasteiger partial charge < -0.3 is 5.11 Å². The smallest absolute Gasteiger partial charge is 0.188 e. The molecule has 166 valence electrons. The van der Waals surface area contributed by atoms with Crippen molar-refractivity contribution in [1.82, 2.24) is 4.98 Å². The summed E-state index contributed by atoms with van der Waals surface area (Å²) in [6, 6.07) is 18.5. The van der Waals surface area contributed by atoms with Gasteiger partial charge in [-0.1, -0.05) is 36.6 Å². The van der Waals surface area contributed by atoms with Crippen LogP contribution in [0.1, 0.15) is 16.0 Å². The van der Waals surface area contributed by atoms with E-state index in [-0.39, 0.29) is 21.5 Å². The zero-order chi connectivity index (χ0) is 23.4. The van der Waals surface area contributed by atoms with Crippen LogP contribution in [0.3, 0.4) is 0 Å². The van der Waals surface area contributed by atoms with Crippen LogP contribution in [0.25, 0.3) is 10.9 Å². The van der Waals surface area contributed by atoms with E-state index in [1.807, 2.05) is 30.3 Å². The summed E-state index contributed by atoms with van der Waals surface area (Å²) < 4.78 is 39.2. The van der Waals surface area contributed by atoms with Crippen molar-refractivity contribution in [3.05, 3.63) is 107 Å². The van der Waals surface area contributed by atoms with Gasteiger partial charge in [0.2, 0.25) is 0 Å². The topological polar surface area (TPSA) is 67.3 Å². The van der Waals surface area contributed by atoms with Crippen LogP contribution in [0, 0.1) is 23.6 Å². The Morgan fingerprint density at radius 2 is 1.85 bits per heavy atom. The summed E-state index contributed by atoms with van der Waals surface area (Å²) >= 11 is 1.06. The van der Waals surface area contributed by atoms with E-state index in [9.17, 15) is 17.9 Å². The third-order valence-corrected chi connectivity index (χ3v) is 8.48. The number of allylic oxidation sites excluding steroid dienone is 1. The van der Waals surface area contributed by atoms with Crippen LogP contribution in [0.4, 0.5) is 4.39 Å². The summed E-state index contributed by atoms with van der Waals surface area (Å²) in [5.41, 5.74) is 2.30. The fourth-order valence-electron chi connectivity index (χ4n) is 3.35. The van der Waals surface area contributed by atoms with Gasteiger partial charge >= 0.3 is 0 Å². The Labute approximate surface area is 196 Å². The number of aliphatic hydroxyl groups excluding tert-OH is 1. The molecule has 1 atom stereocenters. The number of hydrogen-bond acceptors (Lipinski definition) is 5. The van der Waals surface area contributed by atoms with E-state index >= 15 is 0 Å². The van der Waals surface area contributed by atoms with Crippen molar-refractivity contribution in [2.45, 2.75) is 10.6 Å². The molecule has 4 aromatic rings. The monoisotopic (exact) mass is 477 g/mol. The van der Waals surface area contributed by atoms with E-state index in [1.54, 1.807) is 24.4 Å². The van der Waals surface area contributed by atoms with E-state index in [0.29, 0.717) is 16.9 Å². The Balaban J connectivity index is 1.51. The number of hydrogen-bond donors (Lipinski definition) is 1. The molecule has 0 aliphatic carbocycles. The number of para-hydroxylation sites is 1. The van der Waals surface area contributed by atoms with Crippen LogP contribution in [0.15, 0.2) is 89.5 Å². The SMILES string of the molecule is C=C(O)[C@H](Cc1cnc2ccccc2c1)CS(=O)(=O)c1ccc(C#Cc2ccc(F)cc2)s1. The summed E-state index contributed by atoms with van der Waals surface area (Å²) in [7, 11) is -3.67. The molecule has 4 rings (SSSR count). The third kappa shape index (κ3) is 5.67. The molecule has 0 amide bonds. The zero-order valence-corrected chi connectivity index (χ0v) is 19.2. The summed E-state index contributed by atoms with van der Waals surface area (Å²) in [6.07, 6.45) is 1.99. The number of sulfone groups is 1. The van der Waals surface area contributed by atoms with Crippen molar-refractivity contribution in [3.8, 4) is 11.8 Å². The first kappa shape index (κ1) is 22.7. The Morgan fingerprint density at radius 1 is 1.09 bits per heavy atom. The van der Waals surface area contributed by atoms with Gasteiger partial charge in [-0.15, -0.1) is 11.3 Å². The molecular formula is C26H20FNO3S2. The molecule has 0 radical (unpaired) electrons. The van der Waals surface area contributed by atoms with E-state index in [1.165, 1.54) is 18.2 Å². The second kappa shape index (κ2) is 9.57. The fourth-order valence-corrected chi connectivity index (χ4v) is 6.21. The van der Waals surface area contributed by atoms with Gasteiger partial charge in [0, 0.05) is 23.1 Å². The number of rotatable bonds is 6. The van der Waals surface area contributed by atoms with Gasteiger partial charge in [-0.3, -0.25) is 4.98 Å². The molecular weight excluding hydrogens is 457 g/mol. The van der Waals surface area contributed by atoms with Crippen LogP contribution >= 0.6 is 11.3 Å². The van der Waals surface area contributed by atoms with Crippen LogP contribution in [-0.2, 0) is 16.3 Å². The van der Waals surface area contributed by atoms with Crippen molar-refractivity contribution >= 4 is 32.1 Å².